The number of nitrogens with one attached hydrogen (secondary N) is 1. The SMILES string of the molecule is CC(NS(=O)(=O)c1cc(N)cnc1-c1cnn(C)c1)C(C)N(C)C. The van der Waals surface area contributed by atoms with Gasteiger partial charge < -0.3 is 10.6 Å². The van der Waals surface area contributed by atoms with Crippen molar-refractivity contribution in [1.82, 2.24) is 24.4 Å². The topological polar surface area (TPSA) is 106 Å². The second-order valence-electron chi connectivity index (χ2n) is 6.13. The molecule has 2 unspecified atom stereocenters. The number of hydrogen-bond acceptors (Lipinski definition) is 6. The molecule has 2 heterocycles. The van der Waals surface area contributed by atoms with Gasteiger partial charge in [0.1, 0.15) is 4.90 Å². The summed E-state index contributed by atoms with van der Waals surface area (Å²) < 4.78 is 30.0. The number of nitrogen functional groups attached to an aromatic ring is 1. The van der Waals surface area contributed by atoms with Gasteiger partial charge in [-0.05, 0) is 34.0 Å². The molecule has 0 bridgehead atoms. The summed E-state index contributed by atoms with van der Waals surface area (Å²) >= 11 is 0. The van der Waals surface area contributed by atoms with Gasteiger partial charge in [-0.25, -0.2) is 13.1 Å². The van der Waals surface area contributed by atoms with E-state index in [1.165, 1.54) is 12.3 Å². The Balaban J connectivity index is 2.44. The maximum Gasteiger partial charge on any atom is 0.243 e. The fourth-order valence-corrected chi connectivity index (χ4v) is 3.81. The predicted octanol–water partition coefficient (Wildman–Crippen LogP) is 0.681. The minimum atomic E-state index is -3.79. The molecular formula is C15H24N6O2S. The van der Waals surface area contributed by atoms with E-state index >= 15 is 0 Å². The molecule has 8 nitrogen and oxygen atoms in total. The highest BCUT2D eigenvalue weighted by atomic mass is 32.2. The molecule has 0 saturated heterocycles. The van der Waals surface area contributed by atoms with Gasteiger partial charge in [0, 0.05) is 30.9 Å². The molecule has 0 radical (unpaired) electrons. The molecule has 2 atom stereocenters. The van der Waals surface area contributed by atoms with Gasteiger partial charge in [0.25, 0.3) is 0 Å². The lowest BCUT2D eigenvalue weighted by Gasteiger charge is -2.27. The van der Waals surface area contributed by atoms with Gasteiger partial charge in [0.15, 0.2) is 0 Å². The lowest BCUT2D eigenvalue weighted by atomic mass is 10.2. The number of pyridine rings is 1. The lowest BCUT2D eigenvalue weighted by Crippen LogP contribution is -2.46. The zero-order chi connectivity index (χ0) is 18.1. The molecular weight excluding hydrogens is 328 g/mol. The van der Waals surface area contributed by atoms with Crippen molar-refractivity contribution in [3.05, 3.63) is 24.7 Å². The fraction of sp³-hybridized carbons (Fsp3) is 0.467. The third kappa shape index (κ3) is 3.92. The third-order valence-corrected chi connectivity index (χ3v) is 5.59. The van der Waals surface area contributed by atoms with E-state index < -0.39 is 10.0 Å². The van der Waals surface area contributed by atoms with Crippen LogP contribution in [0.15, 0.2) is 29.6 Å². The van der Waals surface area contributed by atoms with Crippen molar-refractivity contribution in [2.24, 2.45) is 7.05 Å². The maximum absolute atomic E-state index is 12.9. The molecule has 0 aliphatic heterocycles. The molecule has 0 amide bonds. The second-order valence-corrected chi connectivity index (χ2v) is 7.81. The Bertz CT molecular complexity index is 815. The third-order valence-electron chi connectivity index (χ3n) is 4.02. The van der Waals surface area contributed by atoms with Crippen molar-refractivity contribution in [3.8, 4) is 11.3 Å². The predicted molar refractivity (Wildman–Crippen MR) is 93.8 cm³/mol. The van der Waals surface area contributed by atoms with E-state index in [0.29, 0.717) is 11.3 Å². The standard InChI is InChI=1S/C15H24N6O2S/c1-10(11(2)20(3)4)19-24(22,23)14-6-13(16)8-17-15(14)12-7-18-21(5)9-12/h6-11,19H,16H2,1-5H3. The van der Waals surface area contributed by atoms with Crippen LogP contribution >= 0.6 is 0 Å². The fourth-order valence-electron chi connectivity index (χ4n) is 2.28. The highest BCUT2D eigenvalue weighted by Gasteiger charge is 2.26. The number of anilines is 1. The number of hydrogen-bond donors (Lipinski definition) is 2. The normalized spacial score (nSPS) is 14.8. The average Bonchev–Trinajstić information content (AvgIpc) is 2.92. The van der Waals surface area contributed by atoms with Crippen LogP contribution in [0.1, 0.15) is 13.8 Å². The summed E-state index contributed by atoms with van der Waals surface area (Å²) in [5, 5.41) is 4.07. The highest BCUT2D eigenvalue weighted by molar-refractivity contribution is 7.89. The first-order valence-corrected chi connectivity index (χ1v) is 9.03. The van der Waals surface area contributed by atoms with Crippen LogP contribution in [0.5, 0.6) is 0 Å². The van der Waals surface area contributed by atoms with Gasteiger partial charge in [-0.2, -0.15) is 5.10 Å². The van der Waals surface area contributed by atoms with E-state index in [1.807, 2.05) is 32.8 Å². The van der Waals surface area contributed by atoms with Crippen molar-refractivity contribution in [3.63, 3.8) is 0 Å². The number of aryl methyl sites for hydroxylation is 1. The molecule has 9 heteroatoms. The summed E-state index contributed by atoms with van der Waals surface area (Å²) in [6.45, 7) is 3.78. The van der Waals surface area contributed by atoms with Crippen LogP contribution in [0.25, 0.3) is 11.3 Å². The number of aromatic nitrogens is 3. The number of nitrogens with zero attached hydrogens (tertiary/aromatic N) is 4. The average molecular weight is 352 g/mol. The smallest absolute Gasteiger partial charge is 0.243 e. The number of sulfonamides is 1. The Kier molecular flexibility index (Phi) is 5.26. The van der Waals surface area contributed by atoms with E-state index in [1.54, 1.807) is 24.1 Å². The molecule has 0 aliphatic rings. The van der Waals surface area contributed by atoms with Gasteiger partial charge >= 0.3 is 0 Å². The summed E-state index contributed by atoms with van der Waals surface area (Å²) in [6.07, 6.45) is 4.72. The van der Waals surface area contributed by atoms with Crippen LogP contribution in [0.4, 0.5) is 5.69 Å². The van der Waals surface area contributed by atoms with Crippen molar-refractivity contribution >= 4 is 15.7 Å². The molecule has 0 fully saturated rings. The van der Waals surface area contributed by atoms with Crippen molar-refractivity contribution < 1.29 is 8.42 Å². The van der Waals surface area contributed by atoms with Gasteiger partial charge in [-0.3, -0.25) is 9.67 Å². The van der Waals surface area contributed by atoms with Crippen molar-refractivity contribution in [2.45, 2.75) is 30.8 Å². The number of nitrogens with two attached hydrogens (primary N) is 1. The zero-order valence-electron chi connectivity index (χ0n) is 14.6. The Morgan fingerprint density at radius 3 is 2.50 bits per heavy atom. The van der Waals surface area contributed by atoms with Crippen LogP contribution in [0.3, 0.4) is 0 Å². The van der Waals surface area contributed by atoms with Gasteiger partial charge in [-0.1, -0.05) is 0 Å². The second kappa shape index (κ2) is 6.88. The Hall–Kier alpha value is -1.97. The molecule has 2 aromatic rings. The highest BCUT2D eigenvalue weighted by Crippen LogP contribution is 2.26. The molecule has 0 aromatic carbocycles. The Labute approximate surface area is 142 Å². The first-order valence-electron chi connectivity index (χ1n) is 7.55. The summed E-state index contributed by atoms with van der Waals surface area (Å²) in [7, 11) is 1.77. The van der Waals surface area contributed by atoms with E-state index in [4.69, 9.17) is 5.73 Å². The number of likely N-dealkylation sites (N-methyl/N-ethyl adjacent to an activating group) is 1. The van der Waals surface area contributed by atoms with E-state index in [0.717, 1.165) is 0 Å². The summed E-state index contributed by atoms with van der Waals surface area (Å²) in [5.41, 5.74) is 7.00. The zero-order valence-corrected chi connectivity index (χ0v) is 15.4. The van der Waals surface area contributed by atoms with Crippen LogP contribution < -0.4 is 10.5 Å². The summed E-state index contributed by atoms with van der Waals surface area (Å²) in [4.78, 5) is 6.21. The van der Waals surface area contributed by atoms with Gasteiger partial charge in [-0.15, -0.1) is 0 Å². The monoisotopic (exact) mass is 352 g/mol. The van der Waals surface area contributed by atoms with E-state index in [2.05, 4.69) is 14.8 Å². The summed E-state index contributed by atoms with van der Waals surface area (Å²) in [6, 6.07) is 1.16. The molecule has 2 rings (SSSR count). The molecule has 2 aromatic heterocycles. The first-order chi connectivity index (χ1) is 11.1. The van der Waals surface area contributed by atoms with Crippen LogP contribution in [-0.4, -0.2) is 54.3 Å². The Morgan fingerprint density at radius 1 is 1.29 bits per heavy atom. The lowest BCUT2D eigenvalue weighted by molar-refractivity contribution is 0.271. The largest absolute Gasteiger partial charge is 0.397 e. The van der Waals surface area contributed by atoms with Crippen molar-refractivity contribution in [1.29, 1.82) is 0 Å². The number of rotatable bonds is 6. The van der Waals surface area contributed by atoms with Crippen LogP contribution in [0, 0.1) is 0 Å². The van der Waals surface area contributed by atoms with Crippen molar-refractivity contribution in [2.75, 3.05) is 19.8 Å². The van der Waals surface area contributed by atoms with Crippen LogP contribution in [0.2, 0.25) is 0 Å². The quantitative estimate of drug-likeness (QED) is 0.792. The molecule has 0 saturated carbocycles. The molecule has 24 heavy (non-hydrogen) atoms. The van der Waals surface area contributed by atoms with Crippen LogP contribution in [-0.2, 0) is 17.1 Å². The van der Waals surface area contributed by atoms with Gasteiger partial charge in [0.05, 0.1) is 23.8 Å². The summed E-state index contributed by atoms with van der Waals surface area (Å²) in [5.74, 6) is 0. The Morgan fingerprint density at radius 2 is 1.96 bits per heavy atom. The molecule has 0 aliphatic carbocycles. The first kappa shape index (κ1) is 18.4. The minimum Gasteiger partial charge on any atom is -0.397 e. The maximum atomic E-state index is 12.9. The molecule has 132 valence electrons. The molecule has 3 N–H and O–H groups in total. The van der Waals surface area contributed by atoms with Gasteiger partial charge in [0.2, 0.25) is 10.0 Å². The van der Waals surface area contributed by atoms with E-state index in [9.17, 15) is 8.42 Å². The minimum absolute atomic E-state index is 0.0237. The van der Waals surface area contributed by atoms with E-state index in [-0.39, 0.29) is 22.7 Å². The molecule has 0 spiro atoms.